The topological polar surface area (TPSA) is 48.4 Å². The van der Waals surface area contributed by atoms with Crippen LogP contribution in [-0.4, -0.2) is 24.7 Å². The molecule has 0 spiro atoms. The van der Waals surface area contributed by atoms with Crippen LogP contribution in [0, 0.1) is 0 Å². The number of esters is 1. The van der Waals surface area contributed by atoms with E-state index >= 15 is 0 Å². The molecule has 17 heavy (non-hydrogen) atoms. The van der Waals surface area contributed by atoms with Gasteiger partial charge in [-0.05, 0) is 19.1 Å². The molecule has 0 N–H and O–H groups in total. The predicted molar refractivity (Wildman–Crippen MR) is 66.3 cm³/mol. The molecule has 0 radical (unpaired) electrons. The van der Waals surface area contributed by atoms with Crippen molar-refractivity contribution in [3.05, 3.63) is 33.8 Å². The summed E-state index contributed by atoms with van der Waals surface area (Å²) < 4.78 is 9.67. The molecule has 1 rings (SSSR count). The van der Waals surface area contributed by atoms with Gasteiger partial charge in [0.25, 0.3) is 0 Å². The van der Waals surface area contributed by atoms with Crippen molar-refractivity contribution in [1.29, 1.82) is 0 Å². The lowest BCUT2D eigenvalue weighted by atomic mass is 10.1. The van der Waals surface area contributed by atoms with Gasteiger partial charge in [0.2, 0.25) is 0 Å². The molecule has 0 bridgehead atoms. The van der Waals surface area contributed by atoms with Gasteiger partial charge in [-0.25, -0.2) is 9.78 Å². The van der Waals surface area contributed by atoms with Gasteiger partial charge in [0.15, 0.2) is 0 Å². The first-order chi connectivity index (χ1) is 8.10. The van der Waals surface area contributed by atoms with Crippen LogP contribution in [0.2, 0.25) is 10.3 Å². The molecule has 1 heterocycles. The maximum atomic E-state index is 11.5. The number of methoxy groups -OCH3 is 1. The standard InChI is InChI=1S/C11H11Cl2NO3/c1-3-17-5-4-7-8(11(15)16-2)6-9(12)14-10(7)13/h4-6H,3H2,1-2H3/b5-4+. The highest BCUT2D eigenvalue weighted by atomic mass is 35.5. The van der Waals surface area contributed by atoms with Crippen LogP contribution in [0.4, 0.5) is 0 Å². The van der Waals surface area contributed by atoms with Gasteiger partial charge in [0.1, 0.15) is 10.3 Å². The van der Waals surface area contributed by atoms with Crippen LogP contribution in [0.3, 0.4) is 0 Å². The largest absolute Gasteiger partial charge is 0.501 e. The monoisotopic (exact) mass is 275 g/mol. The second kappa shape index (κ2) is 6.47. The van der Waals surface area contributed by atoms with Gasteiger partial charge in [-0.1, -0.05) is 23.2 Å². The van der Waals surface area contributed by atoms with Crippen LogP contribution in [0.1, 0.15) is 22.8 Å². The Labute approximate surface area is 109 Å². The van der Waals surface area contributed by atoms with E-state index in [2.05, 4.69) is 9.72 Å². The Kier molecular flexibility index (Phi) is 5.25. The van der Waals surface area contributed by atoms with Crippen molar-refractivity contribution in [2.75, 3.05) is 13.7 Å². The van der Waals surface area contributed by atoms with Gasteiger partial charge in [-0.2, -0.15) is 0 Å². The fourth-order valence-electron chi connectivity index (χ4n) is 1.14. The molecule has 0 atom stereocenters. The number of ether oxygens (including phenoxy) is 2. The zero-order valence-electron chi connectivity index (χ0n) is 9.37. The number of pyridine rings is 1. The molecule has 0 aliphatic rings. The van der Waals surface area contributed by atoms with Crippen LogP contribution in [0.5, 0.6) is 0 Å². The summed E-state index contributed by atoms with van der Waals surface area (Å²) in [5.74, 6) is -0.535. The van der Waals surface area contributed by atoms with Gasteiger partial charge in [-0.3, -0.25) is 0 Å². The van der Waals surface area contributed by atoms with Gasteiger partial charge in [0, 0.05) is 5.56 Å². The van der Waals surface area contributed by atoms with Crippen LogP contribution < -0.4 is 0 Å². The van der Waals surface area contributed by atoms with Crippen molar-refractivity contribution in [1.82, 2.24) is 4.98 Å². The fraction of sp³-hybridized carbons (Fsp3) is 0.273. The molecular weight excluding hydrogens is 265 g/mol. The first kappa shape index (κ1) is 13.8. The minimum atomic E-state index is -0.535. The number of rotatable bonds is 4. The number of halogens is 2. The number of nitrogens with zero attached hydrogens (tertiary/aromatic N) is 1. The normalized spacial score (nSPS) is 10.6. The zero-order chi connectivity index (χ0) is 12.8. The van der Waals surface area contributed by atoms with E-state index in [1.807, 2.05) is 6.92 Å². The van der Waals surface area contributed by atoms with E-state index in [0.29, 0.717) is 12.2 Å². The Hall–Kier alpha value is -1.26. The summed E-state index contributed by atoms with van der Waals surface area (Å²) in [6.07, 6.45) is 2.98. The fourth-order valence-corrected chi connectivity index (χ4v) is 1.64. The molecule has 0 saturated heterocycles. The quantitative estimate of drug-likeness (QED) is 0.481. The summed E-state index contributed by atoms with van der Waals surface area (Å²) >= 11 is 11.6. The van der Waals surface area contributed by atoms with Gasteiger partial charge >= 0.3 is 5.97 Å². The van der Waals surface area contributed by atoms with Crippen molar-refractivity contribution < 1.29 is 14.3 Å². The molecule has 6 heteroatoms. The second-order valence-corrected chi connectivity index (χ2v) is 3.69. The van der Waals surface area contributed by atoms with E-state index in [1.165, 1.54) is 19.4 Å². The highest BCUT2D eigenvalue weighted by Gasteiger charge is 2.15. The lowest BCUT2D eigenvalue weighted by molar-refractivity contribution is 0.0600. The third-order valence-electron chi connectivity index (χ3n) is 1.88. The Balaban J connectivity index is 3.20. The number of hydrogen-bond donors (Lipinski definition) is 0. The smallest absolute Gasteiger partial charge is 0.338 e. The molecule has 0 aliphatic heterocycles. The minimum absolute atomic E-state index is 0.119. The molecule has 0 aliphatic carbocycles. The maximum absolute atomic E-state index is 11.5. The van der Waals surface area contributed by atoms with E-state index < -0.39 is 5.97 Å². The first-order valence-electron chi connectivity index (χ1n) is 4.82. The Bertz CT molecular complexity index is 447. The zero-order valence-corrected chi connectivity index (χ0v) is 10.9. The lowest BCUT2D eigenvalue weighted by Gasteiger charge is -2.06. The average molecular weight is 276 g/mol. The molecule has 0 fully saturated rings. The highest BCUT2D eigenvalue weighted by Crippen LogP contribution is 2.24. The average Bonchev–Trinajstić information content (AvgIpc) is 2.30. The van der Waals surface area contributed by atoms with Crippen molar-refractivity contribution in [3.63, 3.8) is 0 Å². The Morgan fingerprint density at radius 1 is 1.53 bits per heavy atom. The summed E-state index contributed by atoms with van der Waals surface area (Å²) in [6, 6.07) is 1.39. The molecule has 1 aromatic rings. The highest BCUT2D eigenvalue weighted by molar-refractivity contribution is 6.34. The van der Waals surface area contributed by atoms with E-state index in [9.17, 15) is 4.79 Å². The van der Waals surface area contributed by atoms with Crippen LogP contribution in [0.25, 0.3) is 6.08 Å². The van der Waals surface area contributed by atoms with E-state index in [4.69, 9.17) is 27.9 Å². The lowest BCUT2D eigenvalue weighted by Crippen LogP contribution is -2.05. The van der Waals surface area contributed by atoms with Crippen LogP contribution in [0.15, 0.2) is 12.3 Å². The minimum Gasteiger partial charge on any atom is -0.501 e. The van der Waals surface area contributed by atoms with E-state index in [-0.39, 0.29) is 15.9 Å². The number of aromatic nitrogens is 1. The maximum Gasteiger partial charge on any atom is 0.338 e. The van der Waals surface area contributed by atoms with Crippen LogP contribution in [-0.2, 0) is 9.47 Å². The predicted octanol–water partition coefficient (Wildman–Crippen LogP) is 3.18. The van der Waals surface area contributed by atoms with Crippen molar-refractivity contribution in [2.45, 2.75) is 6.92 Å². The van der Waals surface area contributed by atoms with Gasteiger partial charge in [-0.15, -0.1) is 0 Å². The third kappa shape index (κ3) is 3.61. The molecule has 0 saturated carbocycles. The number of hydrogen-bond acceptors (Lipinski definition) is 4. The SMILES string of the molecule is CCO/C=C/c1c(C(=O)OC)cc(Cl)nc1Cl. The van der Waals surface area contributed by atoms with E-state index in [1.54, 1.807) is 6.08 Å². The van der Waals surface area contributed by atoms with Gasteiger partial charge in [0.05, 0.1) is 25.5 Å². The summed E-state index contributed by atoms with van der Waals surface area (Å²) in [5, 5.41) is 0.248. The Morgan fingerprint density at radius 3 is 2.82 bits per heavy atom. The first-order valence-corrected chi connectivity index (χ1v) is 5.58. The summed E-state index contributed by atoms with van der Waals surface area (Å²) in [6.45, 7) is 2.36. The summed E-state index contributed by atoms with van der Waals surface area (Å²) in [4.78, 5) is 15.4. The second-order valence-electron chi connectivity index (χ2n) is 2.95. The summed E-state index contributed by atoms with van der Waals surface area (Å²) in [5.41, 5.74) is 0.657. The van der Waals surface area contributed by atoms with Crippen LogP contribution >= 0.6 is 23.2 Å². The molecule has 0 amide bonds. The van der Waals surface area contributed by atoms with E-state index in [0.717, 1.165) is 0 Å². The van der Waals surface area contributed by atoms with Gasteiger partial charge < -0.3 is 9.47 Å². The molecule has 0 unspecified atom stereocenters. The van der Waals surface area contributed by atoms with Crippen molar-refractivity contribution >= 4 is 35.2 Å². The molecule has 0 aromatic carbocycles. The Morgan fingerprint density at radius 2 is 2.24 bits per heavy atom. The van der Waals surface area contributed by atoms with Crippen molar-refractivity contribution in [3.8, 4) is 0 Å². The van der Waals surface area contributed by atoms with Crippen molar-refractivity contribution in [2.24, 2.45) is 0 Å². The third-order valence-corrected chi connectivity index (χ3v) is 2.37. The molecule has 4 nitrogen and oxygen atoms in total. The number of carbonyl (C=O) groups is 1. The summed E-state index contributed by atoms with van der Waals surface area (Å²) in [7, 11) is 1.28. The molecular formula is C11H11Cl2NO3. The molecule has 1 aromatic heterocycles. The molecule has 92 valence electrons. The number of carbonyl (C=O) groups excluding carboxylic acids is 1.